The molecule has 0 unspecified atom stereocenters. The maximum absolute atomic E-state index is 11.7. The SMILES string of the molecule is CCn1c(N)c(NCc2ncc(C)s2)c(=O)[nH]c1=O. The van der Waals surface area contributed by atoms with Gasteiger partial charge in [-0.25, -0.2) is 9.78 Å². The fourth-order valence-electron chi connectivity index (χ4n) is 1.72. The molecule has 0 aliphatic carbocycles. The molecule has 0 saturated carbocycles. The maximum Gasteiger partial charge on any atom is 0.330 e. The van der Waals surface area contributed by atoms with Crippen LogP contribution in [0.15, 0.2) is 15.8 Å². The number of hydrogen-bond acceptors (Lipinski definition) is 6. The molecule has 0 bridgehead atoms. The van der Waals surface area contributed by atoms with Gasteiger partial charge in [0, 0.05) is 17.6 Å². The van der Waals surface area contributed by atoms with Crippen molar-refractivity contribution in [3.05, 3.63) is 36.9 Å². The Morgan fingerprint density at radius 3 is 2.84 bits per heavy atom. The summed E-state index contributed by atoms with van der Waals surface area (Å²) in [5.74, 6) is 0.143. The second-order valence-corrected chi connectivity index (χ2v) is 5.30. The van der Waals surface area contributed by atoms with E-state index in [1.54, 1.807) is 13.1 Å². The minimum Gasteiger partial charge on any atom is -0.383 e. The summed E-state index contributed by atoms with van der Waals surface area (Å²) in [6, 6.07) is 0. The summed E-state index contributed by atoms with van der Waals surface area (Å²) in [7, 11) is 0. The molecule has 8 heteroatoms. The Hall–Kier alpha value is -2.09. The largest absolute Gasteiger partial charge is 0.383 e. The van der Waals surface area contributed by atoms with Crippen molar-refractivity contribution >= 4 is 22.8 Å². The highest BCUT2D eigenvalue weighted by Crippen LogP contribution is 2.15. The van der Waals surface area contributed by atoms with E-state index < -0.39 is 11.2 Å². The number of aromatic amines is 1. The third-order valence-electron chi connectivity index (χ3n) is 2.64. The number of aryl methyl sites for hydroxylation is 1. The molecule has 0 spiro atoms. The smallest absolute Gasteiger partial charge is 0.330 e. The highest BCUT2D eigenvalue weighted by Gasteiger charge is 2.11. The second kappa shape index (κ2) is 5.27. The van der Waals surface area contributed by atoms with E-state index >= 15 is 0 Å². The number of nitrogen functional groups attached to an aromatic ring is 1. The van der Waals surface area contributed by atoms with Crippen LogP contribution in [0.5, 0.6) is 0 Å². The summed E-state index contributed by atoms with van der Waals surface area (Å²) in [6.45, 7) is 4.53. The number of aromatic nitrogens is 3. The molecule has 0 radical (unpaired) electrons. The van der Waals surface area contributed by atoms with Crippen molar-refractivity contribution in [2.24, 2.45) is 0 Å². The average molecular weight is 281 g/mol. The van der Waals surface area contributed by atoms with Crippen molar-refractivity contribution < 1.29 is 0 Å². The summed E-state index contributed by atoms with van der Waals surface area (Å²) >= 11 is 1.54. The molecule has 2 rings (SSSR count). The number of nitrogens with two attached hydrogens (primary N) is 1. The van der Waals surface area contributed by atoms with Gasteiger partial charge in [-0.15, -0.1) is 11.3 Å². The van der Waals surface area contributed by atoms with Crippen LogP contribution in [-0.4, -0.2) is 14.5 Å². The Labute approximate surface area is 113 Å². The lowest BCUT2D eigenvalue weighted by atomic mass is 10.4. The summed E-state index contributed by atoms with van der Waals surface area (Å²) in [5.41, 5.74) is 5.02. The van der Waals surface area contributed by atoms with E-state index in [9.17, 15) is 9.59 Å². The van der Waals surface area contributed by atoms with E-state index in [-0.39, 0.29) is 11.5 Å². The molecule has 0 fully saturated rings. The fourth-order valence-corrected chi connectivity index (χ4v) is 2.45. The Morgan fingerprint density at radius 2 is 2.26 bits per heavy atom. The van der Waals surface area contributed by atoms with Crippen LogP contribution in [0.25, 0.3) is 0 Å². The average Bonchev–Trinajstić information content (AvgIpc) is 2.75. The molecule has 0 aliphatic heterocycles. The standard InChI is InChI=1S/C11H15N5O2S/c1-3-16-9(12)8(10(17)15-11(16)18)14-5-7-13-4-6(2)19-7/h4,14H,3,5,12H2,1-2H3,(H,15,17,18). The van der Waals surface area contributed by atoms with Crippen LogP contribution in [0.2, 0.25) is 0 Å². The Bertz CT molecular complexity index is 700. The van der Waals surface area contributed by atoms with Crippen molar-refractivity contribution in [3.63, 3.8) is 0 Å². The first-order chi connectivity index (χ1) is 9.02. The molecule has 0 aliphatic rings. The number of rotatable bonds is 4. The predicted molar refractivity (Wildman–Crippen MR) is 75.6 cm³/mol. The Kier molecular flexibility index (Phi) is 3.70. The number of nitrogens with zero attached hydrogens (tertiary/aromatic N) is 2. The second-order valence-electron chi connectivity index (χ2n) is 3.98. The topological polar surface area (TPSA) is 106 Å². The lowest BCUT2D eigenvalue weighted by Gasteiger charge is -2.11. The van der Waals surface area contributed by atoms with Crippen molar-refractivity contribution in [1.82, 2.24) is 14.5 Å². The quantitative estimate of drug-likeness (QED) is 0.757. The van der Waals surface area contributed by atoms with Gasteiger partial charge in [-0.1, -0.05) is 0 Å². The zero-order chi connectivity index (χ0) is 14.0. The van der Waals surface area contributed by atoms with Crippen LogP contribution in [0.4, 0.5) is 11.5 Å². The molecular weight excluding hydrogens is 266 g/mol. The monoisotopic (exact) mass is 281 g/mol. The molecule has 0 amide bonds. The van der Waals surface area contributed by atoms with Gasteiger partial charge in [0.25, 0.3) is 5.56 Å². The van der Waals surface area contributed by atoms with Gasteiger partial charge in [-0.3, -0.25) is 14.3 Å². The van der Waals surface area contributed by atoms with Crippen molar-refractivity contribution in [2.45, 2.75) is 26.9 Å². The Morgan fingerprint density at radius 1 is 1.53 bits per heavy atom. The zero-order valence-electron chi connectivity index (χ0n) is 10.7. The summed E-state index contributed by atoms with van der Waals surface area (Å²) in [5, 5.41) is 3.78. The van der Waals surface area contributed by atoms with E-state index in [0.29, 0.717) is 13.1 Å². The van der Waals surface area contributed by atoms with Crippen LogP contribution >= 0.6 is 11.3 Å². The fraction of sp³-hybridized carbons (Fsp3) is 0.364. The van der Waals surface area contributed by atoms with Crippen LogP contribution in [0.1, 0.15) is 16.8 Å². The van der Waals surface area contributed by atoms with Gasteiger partial charge in [-0.05, 0) is 13.8 Å². The molecule has 2 aromatic heterocycles. The van der Waals surface area contributed by atoms with E-state index in [4.69, 9.17) is 5.73 Å². The van der Waals surface area contributed by atoms with Gasteiger partial charge in [0.1, 0.15) is 16.5 Å². The van der Waals surface area contributed by atoms with Crippen molar-refractivity contribution in [3.8, 4) is 0 Å². The summed E-state index contributed by atoms with van der Waals surface area (Å²) in [6.07, 6.45) is 1.77. The zero-order valence-corrected chi connectivity index (χ0v) is 11.5. The van der Waals surface area contributed by atoms with Gasteiger partial charge in [0.15, 0.2) is 0 Å². The lowest BCUT2D eigenvalue weighted by molar-refractivity contribution is 0.706. The first-order valence-corrected chi connectivity index (χ1v) is 6.62. The molecule has 4 N–H and O–H groups in total. The van der Waals surface area contributed by atoms with Crippen LogP contribution < -0.4 is 22.3 Å². The van der Waals surface area contributed by atoms with Gasteiger partial charge in [-0.2, -0.15) is 0 Å². The Balaban J connectivity index is 2.30. The van der Waals surface area contributed by atoms with E-state index in [2.05, 4.69) is 15.3 Å². The van der Waals surface area contributed by atoms with Crippen molar-refractivity contribution in [1.29, 1.82) is 0 Å². The number of nitrogens with one attached hydrogen (secondary N) is 2. The normalized spacial score (nSPS) is 10.6. The lowest BCUT2D eigenvalue weighted by Crippen LogP contribution is -2.33. The number of anilines is 2. The highest BCUT2D eigenvalue weighted by atomic mass is 32.1. The maximum atomic E-state index is 11.7. The van der Waals surface area contributed by atoms with E-state index in [0.717, 1.165) is 9.88 Å². The van der Waals surface area contributed by atoms with Gasteiger partial charge in [0.2, 0.25) is 0 Å². The molecular formula is C11H15N5O2S. The molecule has 2 heterocycles. The molecule has 102 valence electrons. The third kappa shape index (κ3) is 2.68. The van der Waals surface area contributed by atoms with E-state index in [1.807, 2.05) is 6.92 Å². The first-order valence-electron chi connectivity index (χ1n) is 5.80. The molecule has 0 atom stereocenters. The number of thiazole rings is 1. The summed E-state index contributed by atoms with van der Waals surface area (Å²) < 4.78 is 1.30. The third-order valence-corrected chi connectivity index (χ3v) is 3.55. The minimum atomic E-state index is -0.513. The molecule has 0 aromatic carbocycles. The van der Waals surface area contributed by atoms with Crippen LogP contribution in [-0.2, 0) is 13.1 Å². The molecule has 2 aromatic rings. The molecule has 7 nitrogen and oxygen atoms in total. The molecule has 0 saturated heterocycles. The predicted octanol–water partition coefficient (Wildman–Crippen LogP) is 0.516. The first kappa shape index (κ1) is 13.3. The highest BCUT2D eigenvalue weighted by molar-refractivity contribution is 7.11. The number of H-pyrrole nitrogens is 1. The van der Waals surface area contributed by atoms with Crippen molar-refractivity contribution in [2.75, 3.05) is 11.1 Å². The van der Waals surface area contributed by atoms with Crippen LogP contribution in [0, 0.1) is 6.92 Å². The van der Waals surface area contributed by atoms with Gasteiger partial charge < -0.3 is 11.1 Å². The van der Waals surface area contributed by atoms with Crippen LogP contribution in [0.3, 0.4) is 0 Å². The number of hydrogen-bond donors (Lipinski definition) is 3. The van der Waals surface area contributed by atoms with Gasteiger partial charge >= 0.3 is 5.69 Å². The summed E-state index contributed by atoms with van der Waals surface area (Å²) in [4.78, 5) is 30.8. The minimum absolute atomic E-state index is 0.143. The van der Waals surface area contributed by atoms with Gasteiger partial charge in [0.05, 0.1) is 6.54 Å². The molecule has 19 heavy (non-hydrogen) atoms. The van der Waals surface area contributed by atoms with E-state index in [1.165, 1.54) is 15.9 Å².